The van der Waals surface area contributed by atoms with Crippen LogP contribution in [0, 0.1) is 6.92 Å². The van der Waals surface area contributed by atoms with Gasteiger partial charge in [-0.25, -0.2) is 4.79 Å². The topological polar surface area (TPSA) is 67.4 Å². The van der Waals surface area contributed by atoms with Gasteiger partial charge in [-0.3, -0.25) is 0 Å². The number of urea groups is 1. The van der Waals surface area contributed by atoms with E-state index in [-0.39, 0.29) is 45.9 Å². The Hall–Kier alpha value is -0.646. The largest absolute Gasteiger partial charge is 0.651 e. The molecule has 0 unspecified atom stereocenters. The van der Waals surface area contributed by atoms with E-state index in [1.807, 2.05) is 0 Å². The summed E-state index contributed by atoms with van der Waals surface area (Å²) in [4.78, 5) is 21.0. The first kappa shape index (κ1) is 23.6. The van der Waals surface area contributed by atoms with Gasteiger partial charge in [0.1, 0.15) is 0 Å². The van der Waals surface area contributed by atoms with Crippen LogP contribution in [0.5, 0.6) is 0 Å². The summed E-state index contributed by atoms with van der Waals surface area (Å²) in [5, 5.41) is 5.60. The van der Waals surface area contributed by atoms with E-state index in [1.165, 1.54) is 19.3 Å². The molecule has 22 heavy (non-hydrogen) atoms. The van der Waals surface area contributed by atoms with Crippen LogP contribution in [0.4, 0.5) is 10.5 Å². The van der Waals surface area contributed by atoms with Crippen molar-refractivity contribution in [1.82, 2.24) is 5.32 Å². The van der Waals surface area contributed by atoms with E-state index in [9.17, 15) is 9.59 Å². The fourth-order valence-electron chi connectivity index (χ4n) is 1.25. The molecule has 0 saturated heterocycles. The molecular formula is C15H21ClN2O3Y-2. The van der Waals surface area contributed by atoms with E-state index in [2.05, 4.69) is 29.2 Å². The molecule has 5 nitrogen and oxygen atoms in total. The smallest absolute Gasteiger partial charge is 0.319 e. The van der Waals surface area contributed by atoms with Crippen LogP contribution in [0.3, 0.4) is 0 Å². The normalized spacial score (nSPS) is 8.68. The summed E-state index contributed by atoms with van der Waals surface area (Å²) in [5.74, 6) is 0. The average molecular weight is 402 g/mol. The Morgan fingerprint density at radius 3 is 2.68 bits per heavy atom. The Kier molecular flexibility index (Phi) is 17.9. The molecule has 0 fully saturated rings. The molecule has 1 aromatic carbocycles. The first-order valence-electron chi connectivity index (χ1n) is 6.72. The third kappa shape index (κ3) is 14.3. The second-order valence-electron chi connectivity index (χ2n) is 4.03. The number of unbranched alkanes of at least 4 members (excludes halogenated alkanes) is 2. The second kappa shape index (κ2) is 16.7. The maximum absolute atomic E-state index is 11.3. The first-order chi connectivity index (χ1) is 10.1. The molecule has 121 valence electrons. The number of ether oxygens (including phenoxy) is 1. The summed E-state index contributed by atoms with van der Waals surface area (Å²) in [6.07, 6.45) is 3.65. The van der Waals surface area contributed by atoms with E-state index in [1.54, 1.807) is 24.3 Å². The third-order valence-electron chi connectivity index (χ3n) is 2.23. The molecular weight excluding hydrogens is 381 g/mol. The zero-order valence-electron chi connectivity index (χ0n) is 12.7. The predicted octanol–water partition coefficient (Wildman–Crippen LogP) is 3.55. The number of anilines is 1. The van der Waals surface area contributed by atoms with Crippen LogP contribution >= 0.6 is 11.6 Å². The van der Waals surface area contributed by atoms with Gasteiger partial charge >= 0.3 is 6.03 Å². The van der Waals surface area contributed by atoms with E-state index in [0.29, 0.717) is 10.7 Å². The van der Waals surface area contributed by atoms with Crippen molar-refractivity contribution in [3.05, 3.63) is 36.2 Å². The zero-order valence-corrected chi connectivity index (χ0v) is 16.3. The molecule has 0 spiro atoms. The maximum atomic E-state index is 11.3. The molecule has 0 atom stereocenters. The standard InChI is InChI=1S/C10H10ClN2O3.C5H11.Y/c11-8-2-1-3-9(6-8)13-10(15)12-4-5-16-7-14;1-3-5-4-2;/h1-3,6H,4-5H2,(H2,12,13,15);1,3-5H2,2H3;/q2*-1;. The van der Waals surface area contributed by atoms with Gasteiger partial charge in [-0.05, 0) is 18.2 Å². The number of benzene rings is 1. The summed E-state index contributed by atoms with van der Waals surface area (Å²) >= 11 is 5.74. The molecule has 1 rings (SSSR count). The van der Waals surface area contributed by atoms with Gasteiger partial charge in [0.15, 0.2) is 0 Å². The SMILES string of the molecule is O=[C-]OCCNC(=O)Nc1cccc(Cl)c1.[CH2-]CCCC.[Y]. The minimum Gasteiger partial charge on any atom is -0.651 e. The molecule has 1 radical (unpaired) electrons. The quantitative estimate of drug-likeness (QED) is 0.542. The van der Waals surface area contributed by atoms with Crippen molar-refractivity contribution in [2.24, 2.45) is 0 Å². The molecule has 0 aliphatic carbocycles. The molecule has 0 bridgehead atoms. The van der Waals surface area contributed by atoms with Gasteiger partial charge in [-0.1, -0.05) is 43.9 Å². The van der Waals surface area contributed by atoms with Crippen molar-refractivity contribution in [3.63, 3.8) is 0 Å². The molecule has 2 amide bonds. The summed E-state index contributed by atoms with van der Waals surface area (Å²) in [5.41, 5.74) is 0.591. The molecule has 0 aliphatic heterocycles. The molecule has 0 aliphatic rings. The number of carbonyl (C=O) groups is 1. The summed E-state index contributed by atoms with van der Waals surface area (Å²) in [6, 6.07) is 6.37. The van der Waals surface area contributed by atoms with Gasteiger partial charge < -0.3 is 27.1 Å². The second-order valence-corrected chi connectivity index (χ2v) is 4.47. The Morgan fingerprint density at radius 1 is 1.45 bits per heavy atom. The van der Waals surface area contributed by atoms with Gasteiger partial charge in [0.05, 0.1) is 6.61 Å². The number of nitrogens with one attached hydrogen (secondary N) is 2. The minimum atomic E-state index is -0.392. The number of hydrogen-bond acceptors (Lipinski definition) is 3. The number of rotatable bonds is 7. The Morgan fingerprint density at radius 2 is 2.18 bits per heavy atom. The maximum Gasteiger partial charge on any atom is 0.319 e. The monoisotopic (exact) mass is 401 g/mol. The predicted molar refractivity (Wildman–Crippen MR) is 85.0 cm³/mol. The van der Waals surface area contributed by atoms with Crippen molar-refractivity contribution in [2.45, 2.75) is 26.2 Å². The third-order valence-corrected chi connectivity index (χ3v) is 2.47. The Balaban J connectivity index is 0. The summed E-state index contributed by atoms with van der Waals surface area (Å²) in [7, 11) is 0. The zero-order chi connectivity index (χ0) is 15.9. The van der Waals surface area contributed by atoms with E-state index in [4.69, 9.17) is 11.6 Å². The van der Waals surface area contributed by atoms with Gasteiger partial charge in [-0.2, -0.15) is 6.42 Å². The van der Waals surface area contributed by atoms with Crippen LogP contribution in [0.1, 0.15) is 26.2 Å². The Labute approximate surface area is 162 Å². The molecule has 1 aromatic rings. The van der Waals surface area contributed by atoms with E-state index < -0.39 is 6.03 Å². The number of halogens is 1. The molecule has 2 N–H and O–H groups in total. The van der Waals surface area contributed by atoms with Crippen molar-refractivity contribution in [3.8, 4) is 0 Å². The van der Waals surface area contributed by atoms with Crippen molar-refractivity contribution < 1.29 is 47.0 Å². The van der Waals surface area contributed by atoms with Crippen LogP contribution in [0.15, 0.2) is 24.3 Å². The Bertz CT molecular complexity index is 418. The van der Waals surface area contributed by atoms with Gasteiger partial charge in [0.2, 0.25) is 0 Å². The molecule has 0 heterocycles. The molecule has 7 heteroatoms. The van der Waals surface area contributed by atoms with Gasteiger partial charge in [0, 0.05) is 50.0 Å². The van der Waals surface area contributed by atoms with E-state index >= 15 is 0 Å². The van der Waals surface area contributed by atoms with Crippen molar-refractivity contribution in [2.75, 3.05) is 18.5 Å². The number of amides is 2. The fourth-order valence-corrected chi connectivity index (χ4v) is 1.44. The van der Waals surface area contributed by atoms with Gasteiger partial charge in [-0.15, -0.1) is 0 Å². The average Bonchev–Trinajstić information content (AvgIpc) is 2.45. The number of hydrogen-bond donors (Lipinski definition) is 2. The van der Waals surface area contributed by atoms with Crippen LogP contribution in [-0.2, 0) is 42.2 Å². The van der Waals surface area contributed by atoms with Crippen LogP contribution in [0.2, 0.25) is 5.02 Å². The van der Waals surface area contributed by atoms with Crippen LogP contribution in [-0.4, -0.2) is 25.7 Å². The van der Waals surface area contributed by atoms with E-state index in [0.717, 1.165) is 6.42 Å². The summed E-state index contributed by atoms with van der Waals surface area (Å²) < 4.78 is 4.28. The minimum absolute atomic E-state index is 0. The van der Waals surface area contributed by atoms with Crippen molar-refractivity contribution >= 4 is 29.8 Å². The number of carbonyl (C=O) groups excluding carboxylic acids is 2. The molecule has 0 aromatic heterocycles. The van der Waals surface area contributed by atoms with Crippen molar-refractivity contribution in [1.29, 1.82) is 0 Å². The van der Waals surface area contributed by atoms with Crippen LogP contribution in [0.25, 0.3) is 0 Å². The summed E-state index contributed by atoms with van der Waals surface area (Å²) in [6.45, 7) is 7.42. The molecule has 0 saturated carbocycles. The van der Waals surface area contributed by atoms with Gasteiger partial charge in [0.25, 0.3) is 0 Å². The fraction of sp³-hybridized carbons (Fsp3) is 0.400. The first-order valence-corrected chi connectivity index (χ1v) is 7.10. The van der Waals surface area contributed by atoms with Crippen LogP contribution < -0.4 is 10.6 Å².